The number of hydrogen-bond donors (Lipinski definition) is 1. The molecule has 0 aliphatic carbocycles. The van der Waals surface area contributed by atoms with Crippen LogP contribution < -0.4 is 19.1 Å². The van der Waals surface area contributed by atoms with E-state index in [1.807, 2.05) is 0 Å². The summed E-state index contributed by atoms with van der Waals surface area (Å²) in [5, 5.41) is 11.1. The van der Waals surface area contributed by atoms with E-state index in [0.717, 1.165) is 17.0 Å². The fourth-order valence-corrected chi connectivity index (χ4v) is 3.94. The molecule has 1 heterocycles. The number of halogens is 3. The van der Waals surface area contributed by atoms with Crippen molar-refractivity contribution in [3.8, 4) is 17.2 Å². The number of rotatable bonds is 6. The van der Waals surface area contributed by atoms with Crippen molar-refractivity contribution in [1.29, 1.82) is 0 Å². The van der Waals surface area contributed by atoms with Crippen LogP contribution in [-0.4, -0.2) is 37.4 Å². The minimum Gasteiger partial charge on any atom is -0.507 e. The Morgan fingerprint density at radius 1 is 0.861 bits per heavy atom. The molecule has 1 amide bonds. The van der Waals surface area contributed by atoms with E-state index < -0.39 is 35.6 Å². The van der Waals surface area contributed by atoms with Crippen molar-refractivity contribution in [2.24, 2.45) is 0 Å². The van der Waals surface area contributed by atoms with Crippen LogP contribution in [0.5, 0.6) is 17.2 Å². The molecule has 1 fully saturated rings. The normalized spacial score (nSPS) is 17.2. The molecule has 10 heteroatoms. The fourth-order valence-electron chi connectivity index (χ4n) is 3.94. The smallest absolute Gasteiger partial charge is 0.507 e. The quantitative estimate of drug-likeness (QED) is 0.284. The van der Waals surface area contributed by atoms with Crippen molar-refractivity contribution >= 4 is 23.1 Å². The van der Waals surface area contributed by atoms with E-state index in [0.29, 0.717) is 17.1 Å². The zero-order chi connectivity index (χ0) is 26.0. The van der Waals surface area contributed by atoms with Crippen LogP contribution in [-0.2, 0) is 9.59 Å². The highest BCUT2D eigenvalue weighted by Crippen LogP contribution is 2.43. The molecule has 186 valence electrons. The standard InChI is InChI=1S/C26H20F3NO6/c1-34-18-10-6-15(7-11-18)23(31)21-22(16-4-3-5-20(14-16)35-2)30(25(33)24(21)32)17-8-12-19(13-9-17)36-26(27,28)29/h3-14,22,31H,1-2H3/b23-21-. The number of aliphatic hydroxyl groups is 1. The number of alkyl halides is 3. The van der Waals surface area contributed by atoms with Gasteiger partial charge < -0.3 is 19.3 Å². The van der Waals surface area contributed by atoms with Gasteiger partial charge in [0.25, 0.3) is 11.7 Å². The lowest BCUT2D eigenvalue weighted by molar-refractivity contribution is -0.274. The van der Waals surface area contributed by atoms with Gasteiger partial charge in [0.1, 0.15) is 23.0 Å². The largest absolute Gasteiger partial charge is 0.573 e. The fraction of sp³-hybridized carbons (Fsp3) is 0.154. The molecule has 1 atom stereocenters. The monoisotopic (exact) mass is 499 g/mol. The molecule has 4 rings (SSSR count). The number of nitrogens with zero attached hydrogens (tertiary/aromatic N) is 1. The summed E-state index contributed by atoms with van der Waals surface area (Å²) >= 11 is 0. The highest BCUT2D eigenvalue weighted by molar-refractivity contribution is 6.51. The van der Waals surface area contributed by atoms with E-state index >= 15 is 0 Å². The van der Waals surface area contributed by atoms with Crippen LogP contribution in [0.2, 0.25) is 0 Å². The van der Waals surface area contributed by atoms with Crippen molar-refractivity contribution in [1.82, 2.24) is 0 Å². The van der Waals surface area contributed by atoms with Crippen molar-refractivity contribution in [2.75, 3.05) is 19.1 Å². The van der Waals surface area contributed by atoms with Crippen molar-refractivity contribution < 1.29 is 42.1 Å². The molecule has 1 unspecified atom stereocenters. The lowest BCUT2D eigenvalue weighted by atomic mass is 9.95. The average Bonchev–Trinajstić information content (AvgIpc) is 3.13. The molecule has 7 nitrogen and oxygen atoms in total. The third kappa shape index (κ3) is 4.83. The van der Waals surface area contributed by atoms with Gasteiger partial charge in [-0.25, -0.2) is 0 Å². The summed E-state index contributed by atoms with van der Waals surface area (Å²) < 4.78 is 52.0. The van der Waals surface area contributed by atoms with E-state index in [-0.39, 0.29) is 16.8 Å². The third-order valence-electron chi connectivity index (χ3n) is 5.57. The van der Waals surface area contributed by atoms with Crippen LogP contribution in [0.15, 0.2) is 78.4 Å². The first kappa shape index (κ1) is 24.6. The summed E-state index contributed by atoms with van der Waals surface area (Å²) in [5.41, 5.74) is 0.664. The van der Waals surface area contributed by atoms with Crippen LogP contribution in [0.1, 0.15) is 17.2 Å². The minimum absolute atomic E-state index is 0.133. The van der Waals surface area contributed by atoms with Gasteiger partial charge in [0.15, 0.2) is 0 Å². The number of ketones is 1. The Morgan fingerprint density at radius 3 is 2.06 bits per heavy atom. The van der Waals surface area contributed by atoms with E-state index in [1.54, 1.807) is 36.4 Å². The molecular weight excluding hydrogens is 479 g/mol. The molecule has 0 aromatic heterocycles. The molecular formula is C26H20F3NO6. The predicted molar refractivity (Wildman–Crippen MR) is 124 cm³/mol. The lowest BCUT2D eigenvalue weighted by Crippen LogP contribution is -2.29. The van der Waals surface area contributed by atoms with E-state index in [4.69, 9.17) is 9.47 Å². The SMILES string of the molecule is COc1ccc(/C(O)=C2/C(=O)C(=O)N(c3ccc(OC(F)(F)F)cc3)C2c2cccc(OC)c2)cc1. The molecule has 1 aliphatic rings. The van der Waals surface area contributed by atoms with E-state index in [2.05, 4.69) is 4.74 Å². The molecule has 1 N–H and O–H groups in total. The van der Waals surface area contributed by atoms with Crippen molar-refractivity contribution in [2.45, 2.75) is 12.4 Å². The highest BCUT2D eigenvalue weighted by atomic mass is 19.4. The molecule has 0 saturated carbocycles. The first-order valence-electron chi connectivity index (χ1n) is 10.6. The lowest BCUT2D eigenvalue weighted by Gasteiger charge is -2.26. The van der Waals surface area contributed by atoms with E-state index in [9.17, 15) is 27.9 Å². The maximum Gasteiger partial charge on any atom is 0.573 e. The summed E-state index contributed by atoms with van der Waals surface area (Å²) in [4.78, 5) is 27.5. The number of amides is 1. The van der Waals surface area contributed by atoms with Crippen LogP contribution in [0, 0.1) is 0 Å². The molecule has 0 radical (unpaired) electrons. The number of carbonyl (C=O) groups excluding carboxylic acids is 2. The molecule has 1 aliphatic heterocycles. The summed E-state index contributed by atoms with van der Waals surface area (Å²) in [6, 6.07) is 16.3. The highest BCUT2D eigenvalue weighted by Gasteiger charge is 2.47. The van der Waals surface area contributed by atoms with Gasteiger partial charge >= 0.3 is 6.36 Å². The van der Waals surface area contributed by atoms with E-state index in [1.165, 1.54) is 38.5 Å². The maximum absolute atomic E-state index is 13.2. The second-order valence-corrected chi connectivity index (χ2v) is 7.72. The predicted octanol–water partition coefficient (Wildman–Crippen LogP) is 5.23. The number of carbonyl (C=O) groups is 2. The topological polar surface area (TPSA) is 85.3 Å². The number of methoxy groups -OCH3 is 2. The van der Waals surface area contributed by atoms with Gasteiger partial charge in [-0.2, -0.15) is 0 Å². The summed E-state index contributed by atoms with van der Waals surface area (Å²) in [5.74, 6) is -1.84. The first-order chi connectivity index (χ1) is 17.1. The van der Waals surface area contributed by atoms with Crippen LogP contribution in [0.25, 0.3) is 5.76 Å². The zero-order valence-electron chi connectivity index (χ0n) is 19.1. The van der Waals surface area contributed by atoms with Gasteiger partial charge in [-0.3, -0.25) is 14.5 Å². The van der Waals surface area contributed by atoms with Gasteiger partial charge in [-0.05, 0) is 66.2 Å². The molecule has 3 aromatic rings. The number of hydrogen-bond acceptors (Lipinski definition) is 6. The summed E-state index contributed by atoms with van der Waals surface area (Å²) in [6.07, 6.45) is -4.88. The second kappa shape index (κ2) is 9.65. The summed E-state index contributed by atoms with van der Waals surface area (Å²) in [6.45, 7) is 0. The van der Waals surface area contributed by atoms with Gasteiger partial charge in [0.05, 0.1) is 25.8 Å². The Morgan fingerprint density at radius 2 is 1.47 bits per heavy atom. The van der Waals surface area contributed by atoms with Gasteiger partial charge in [-0.15, -0.1) is 13.2 Å². The molecule has 36 heavy (non-hydrogen) atoms. The number of Topliss-reactive ketones (excluding diaryl/α,β-unsaturated/α-hetero) is 1. The molecule has 0 spiro atoms. The Bertz CT molecular complexity index is 1320. The number of benzene rings is 3. The number of aliphatic hydroxyl groups excluding tert-OH is 1. The molecule has 0 bridgehead atoms. The van der Waals surface area contributed by atoms with Crippen molar-refractivity contribution in [3.63, 3.8) is 0 Å². The Hall–Kier alpha value is -4.47. The van der Waals surface area contributed by atoms with Crippen LogP contribution in [0.3, 0.4) is 0 Å². The summed E-state index contributed by atoms with van der Waals surface area (Å²) in [7, 11) is 2.93. The first-order valence-corrected chi connectivity index (χ1v) is 10.6. The van der Waals surface area contributed by atoms with Gasteiger partial charge in [-0.1, -0.05) is 12.1 Å². The maximum atomic E-state index is 13.2. The zero-order valence-corrected chi connectivity index (χ0v) is 19.1. The van der Waals surface area contributed by atoms with Gasteiger partial charge in [0.2, 0.25) is 0 Å². The Balaban J connectivity index is 1.86. The Labute approximate surface area is 203 Å². The Kier molecular flexibility index (Phi) is 6.61. The van der Waals surface area contributed by atoms with Gasteiger partial charge in [0, 0.05) is 11.3 Å². The van der Waals surface area contributed by atoms with Crippen LogP contribution in [0.4, 0.5) is 18.9 Å². The molecule has 3 aromatic carbocycles. The average molecular weight is 499 g/mol. The minimum atomic E-state index is -4.88. The van der Waals surface area contributed by atoms with Crippen LogP contribution >= 0.6 is 0 Å². The molecule has 1 saturated heterocycles. The third-order valence-corrected chi connectivity index (χ3v) is 5.57. The second-order valence-electron chi connectivity index (χ2n) is 7.72. The number of anilines is 1. The van der Waals surface area contributed by atoms with Crippen molar-refractivity contribution in [3.05, 3.63) is 89.5 Å². The number of ether oxygens (including phenoxy) is 3.